The Kier molecular flexibility index (Phi) is 4.73. The highest BCUT2D eigenvalue weighted by Gasteiger charge is 2.65. The molecular formula is C23H36O4. The van der Waals surface area contributed by atoms with Crippen molar-refractivity contribution in [2.24, 2.45) is 40.4 Å². The molecule has 4 aliphatic rings. The van der Waals surface area contributed by atoms with Crippen molar-refractivity contribution in [2.75, 3.05) is 0 Å². The predicted molar refractivity (Wildman–Crippen MR) is 103 cm³/mol. The van der Waals surface area contributed by atoms with Crippen LogP contribution in [0.2, 0.25) is 0 Å². The van der Waals surface area contributed by atoms with Gasteiger partial charge in [-0.1, -0.05) is 13.8 Å². The van der Waals surface area contributed by atoms with Crippen molar-refractivity contribution in [2.45, 2.75) is 91.3 Å². The number of aliphatic hydroxyl groups is 1. The zero-order valence-electron chi connectivity index (χ0n) is 17.4. The van der Waals surface area contributed by atoms with Gasteiger partial charge >= 0.3 is 5.97 Å². The number of esters is 1. The van der Waals surface area contributed by atoms with Gasteiger partial charge in [0, 0.05) is 18.3 Å². The van der Waals surface area contributed by atoms with Gasteiger partial charge in [-0.15, -0.1) is 0 Å². The number of fused-ring (bicyclic) bond motifs is 5. The lowest BCUT2D eigenvalue weighted by molar-refractivity contribution is -0.194. The maximum absolute atomic E-state index is 12.5. The number of rotatable bonds is 2. The minimum atomic E-state index is -0.218. The Morgan fingerprint density at radius 3 is 2.37 bits per heavy atom. The molecule has 4 saturated carbocycles. The Balaban J connectivity index is 1.71. The summed E-state index contributed by atoms with van der Waals surface area (Å²) >= 11 is 0. The number of ether oxygens (including phenoxy) is 1. The van der Waals surface area contributed by atoms with Gasteiger partial charge in [-0.2, -0.15) is 0 Å². The van der Waals surface area contributed by atoms with Crippen LogP contribution >= 0.6 is 0 Å². The van der Waals surface area contributed by atoms with Crippen LogP contribution in [0.15, 0.2) is 0 Å². The lowest BCUT2D eigenvalue weighted by atomic mass is 9.44. The molecule has 4 aliphatic carbocycles. The summed E-state index contributed by atoms with van der Waals surface area (Å²) in [7, 11) is 0. The lowest BCUT2D eigenvalue weighted by Gasteiger charge is -2.62. The smallest absolute Gasteiger partial charge is 0.302 e. The highest BCUT2D eigenvalue weighted by molar-refractivity contribution is 5.80. The molecule has 9 atom stereocenters. The standard InChI is InChI=1S/C23H36O4/c1-13(24)18-7-8-19-17-6-5-15-11-16(26)9-10-22(15,3)20(17)12-21(23(18,19)4)27-14(2)25/h15-21,26H,5-12H2,1-4H3/t15-,16+,17+,18-,19+,20+,21-,22+,23-/m1/s1. The molecule has 4 rings (SSSR count). The normalized spacial score (nSPS) is 51.7. The summed E-state index contributed by atoms with van der Waals surface area (Å²) in [6.45, 7) is 7.89. The Morgan fingerprint density at radius 2 is 1.70 bits per heavy atom. The van der Waals surface area contributed by atoms with Crippen LogP contribution in [0.3, 0.4) is 0 Å². The average Bonchev–Trinajstić information content (AvgIpc) is 2.95. The quantitative estimate of drug-likeness (QED) is 0.736. The molecule has 0 aromatic rings. The van der Waals surface area contributed by atoms with Crippen LogP contribution in [0.4, 0.5) is 0 Å². The molecule has 4 fully saturated rings. The van der Waals surface area contributed by atoms with Gasteiger partial charge in [0.25, 0.3) is 0 Å². The molecule has 0 unspecified atom stereocenters. The molecule has 152 valence electrons. The van der Waals surface area contributed by atoms with E-state index in [1.165, 1.54) is 19.8 Å². The Morgan fingerprint density at radius 1 is 0.963 bits per heavy atom. The SMILES string of the molecule is CC(=O)O[C@@H]1C[C@H]2[C@@H](CC[C@@H]3C[C@@H](O)CC[C@@]32C)[C@@H]2CC[C@H](C(C)=O)[C@@]12C. The summed E-state index contributed by atoms with van der Waals surface area (Å²) in [5, 5.41) is 10.2. The first kappa shape index (κ1) is 19.4. The van der Waals surface area contributed by atoms with Crippen LogP contribution in [-0.2, 0) is 14.3 Å². The fourth-order valence-electron chi connectivity index (χ4n) is 8.21. The van der Waals surface area contributed by atoms with Crippen LogP contribution in [-0.4, -0.2) is 29.1 Å². The number of hydrogen-bond donors (Lipinski definition) is 1. The molecule has 0 spiro atoms. The predicted octanol–water partition coefficient (Wildman–Crippen LogP) is 4.14. The van der Waals surface area contributed by atoms with Crippen molar-refractivity contribution in [1.82, 2.24) is 0 Å². The zero-order chi connectivity index (χ0) is 19.6. The number of carbonyl (C=O) groups excluding carboxylic acids is 2. The van der Waals surface area contributed by atoms with Gasteiger partial charge in [-0.05, 0) is 87.4 Å². The van der Waals surface area contributed by atoms with Crippen LogP contribution in [0.5, 0.6) is 0 Å². The number of aliphatic hydroxyl groups excluding tert-OH is 1. The highest BCUT2D eigenvalue weighted by atomic mass is 16.5. The Bertz CT molecular complexity index is 630. The first-order valence-electron chi connectivity index (χ1n) is 11.0. The summed E-state index contributed by atoms with van der Waals surface area (Å²) < 4.78 is 5.94. The maximum Gasteiger partial charge on any atom is 0.302 e. The van der Waals surface area contributed by atoms with Gasteiger partial charge in [0.05, 0.1) is 6.10 Å². The van der Waals surface area contributed by atoms with Crippen molar-refractivity contribution < 1.29 is 19.4 Å². The first-order valence-corrected chi connectivity index (χ1v) is 11.0. The van der Waals surface area contributed by atoms with Crippen molar-refractivity contribution in [3.63, 3.8) is 0 Å². The first-order chi connectivity index (χ1) is 12.7. The van der Waals surface area contributed by atoms with E-state index in [-0.39, 0.29) is 40.7 Å². The van der Waals surface area contributed by atoms with E-state index in [4.69, 9.17) is 4.74 Å². The van der Waals surface area contributed by atoms with Crippen LogP contribution < -0.4 is 0 Å². The molecular weight excluding hydrogens is 340 g/mol. The Hall–Kier alpha value is -0.900. The molecule has 0 amide bonds. The molecule has 4 heteroatoms. The largest absolute Gasteiger partial charge is 0.462 e. The van der Waals surface area contributed by atoms with Crippen molar-refractivity contribution in [3.8, 4) is 0 Å². The molecule has 0 radical (unpaired) electrons. The van der Waals surface area contributed by atoms with Crippen molar-refractivity contribution in [3.05, 3.63) is 0 Å². The van der Waals surface area contributed by atoms with Gasteiger partial charge in [0.1, 0.15) is 11.9 Å². The monoisotopic (exact) mass is 376 g/mol. The fraction of sp³-hybridized carbons (Fsp3) is 0.913. The molecule has 27 heavy (non-hydrogen) atoms. The molecule has 0 aromatic carbocycles. The van der Waals surface area contributed by atoms with Gasteiger partial charge in [0.15, 0.2) is 0 Å². The van der Waals surface area contributed by atoms with Gasteiger partial charge in [-0.25, -0.2) is 0 Å². The third-order valence-corrected chi connectivity index (χ3v) is 9.51. The Labute approximate surface area is 163 Å². The number of carbonyl (C=O) groups is 2. The molecule has 0 heterocycles. The van der Waals surface area contributed by atoms with E-state index < -0.39 is 0 Å². The number of Topliss-reactive ketones (excluding diaryl/α,β-unsaturated/α-hetero) is 1. The highest BCUT2D eigenvalue weighted by Crippen LogP contribution is 2.68. The fourth-order valence-corrected chi connectivity index (χ4v) is 8.21. The minimum Gasteiger partial charge on any atom is -0.462 e. The van der Waals surface area contributed by atoms with Crippen LogP contribution in [0.1, 0.15) is 79.1 Å². The van der Waals surface area contributed by atoms with Crippen LogP contribution in [0, 0.1) is 40.4 Å². The molecule has 0 aromatic heterocycles. The molecule has 0 saturated heterocycles. The van der Waals surface area contributed by atoms with Crippen molar-refractivity contribution in [1.29, 1.82) is 0 Å². The lowest BCUT2D eigenvalue weighted by Crippen LogP contribution is -2.59. The summed E-state index contributed by atoms with van der Waals surface area (Å²) in [5.74, 6) is 2.28. The van der Waals surface area contributed by atoms with E-state index >= 15 is 0 Å². The van der Waals surface area contributed by atoms with E-state index in [9.17, 15) is 14.7 Å². The van der Waals surface area contributed by atoms with Gasteiger partial charge in [-0.3, -0.25) is 9.59 Å². The summed E-state index contributed by atoms with van der Waals surface area (Å²) in [6.07, 6.45) is 7.92. The second-order valence-corrected chi connectivity index (χ2v) is 10.5. The molecule has 0 aliphatic heterocycles. The van der Waals surface area contributed by atoms with E-state index in [0.29, 0.717) is 23.7 Å². The topological polar surface area (TPSA) is 63.6 Å². The number of ketones is 1. The van der Waals surface area contributed by atoms with Crippen molar-refractivity contribution >= 4 is 11.8 Å². The van der Waals surface area contributed by atoms with E-state index in [2.05, 4.69) is 13.8 Å². The average molecular weight is 377 g/mol. The number of hydrogen-bond acceptors (Lipinski definition) is 4. The van der Waals surface area contributed by atoms with E-state index in [0.717, 1.165) is 38.5 Å². The summed E-state index contributed by atoms with van der Waals surface area (Å²) in [6, 6.07) is 0. The zero-order valence-corrected chi connectivity index (χ0v) is 17.4. The second kappa shape index (κ2) is 6.57. The third-order valence-electron chi connectivity index (χ3n) is 9.51. The molecule has 0 bridgehead atoms. The maximum atomic E-state index is 12.5. The van der Waals surface area contributed by atoms with E-state index in [1.54, 1.807) is 6.92 Å². The van der Waals surface area contributed by atoms with Crippen LogP contribution in [0.25, 0.3) is 0 Å². The van der Waals surface area contributed by atoms with E-state index in [1.807, 2.05) is 0 Å². The molecule has 4 nitrogen and oxygen atoms in total. The minimum absolute atomic E-state index is 0.0199. The third kappa shape index (κ3) is 2.81. The van der Waals surface area contributed by atoms with Gasteiger partial charge < -0.3 is 9.84 Å². The summed E-state index contributed by atoms with van der Waals surface area (Å²) in [4.78, 5) is 24.4. The summed E-state index contributed by atoms with van der Waals surface area (Å²) in [5.41, 5.74) is 0.0201. The van der Waals surface area contributed by atoms with Gasteiger partial charge in [0.2, 0.25) is 0 Å². The molecule has 1 N–H and O–H groups in total. The second-order valence-electron chi connectivity index (χ2n) is 10.5.